The summed E-state index contributed by atoms with van der Waals surface area (Å²) in [7, 11) is 0. The molecule has 0 aromatic rings. The first-order valence-corrected chi connectivity index (χ1v) is 12.3. The van der Waals surface area contributed by atoms with Gasteiger partial charge in [0.05, 0.1) is 12.2 Å². The fraction of sp³-hybridized carbons (Fsp3) is 0.875. The zero-order chi connectivity index (χ0) is 15.2. The van der Waals surface area contributed by atoms with E-state index in [0.29, 0.717) is 5.25 Å². The van der Waals surface area contributed by atoms with E-state index in [-0.39, 0.29) is 12.2 Å². The molecular formula is C16H27O2PS2. The maximum atomic E-state index is 6.08. The summed E-state index contributed by atoms with van der Waals surface area (Å²) in [5.74, 6) is 3.45. The van der Waals surface area contributed by atoms with Crippen LogP contribution in [0.4, 0.5) is 0 Å². The van der Waals surface area contributed by atoms with Crippen molar-refractivity contribution < 1.29 is 9.05 Å². The molecule has 0 saturated heterocycles. The van der Waals surface area contributed by atoms with Gasteiger partial charge in [-0.1, -0.05) is 23.5 Å². The van der Waals surface area contributed by atoms with E-state index in [4.69, 9.17) is 20.9 Å². The molecule has 3 aliphatic carbocycles. The van der Waals surface area contributed by atoms with Gasteiger partial charge in [-0.15, -0.1) is 0 Å². The summed E-state index contributed by atoms with van der Waals surface area (Å²) in [5, 5.41) is 0.652. The highest BCUT2D eigenvalue weighted by Gasteiger charge is 2.53. The molecule has 2 saturated carbocycles. The molecule has 120 valence electrons. The summed E-state index contributed by atoms with van der Waals surface area (Å²) in [6.45, 7) is 8.23. The highest BCUT2D eigenvalue weighted by molar-refractivity contribution is 8.68. The lowest BCUT2D eigenvalue weighted by Crippen LogP contribution is -2.26. The zero-order valence-corrected chi connectivity index (χ0v) is 15.9. The van der Waals surface area contributed by atoms with Crippen molar-refractivity contribution in [3.8, 4) is 0 Å². The van der Waals surface area contributed by atoms with Crippen LogP contribution in [0.2, 0.25) is 0 Å². The van der Waals surface area contributed by atoms with Crippen molar-refractivity contribution in [2.24, 2.45) is 23.7 Å². The van der Waals surface area contributed by atoms with Gasteiger partial charge in [-0.2, -0.15) is 0 Å². The van der Waals surface area contributed by atoms with Crippen molar-refractivity contribution in [1.82, 2.24) is 0 Å². The van der Waals surface area contributed by atoms with Crippen molar-refractivity contribution in [1.29, 1.82) is 0 Å². The molecule has 0 radical (unpaired) electrons. The maximum Gasteiger partial charge on any atom is 0.248 e. The van der Waals surface area contributed by atoms with Crippen LogP contribution >= 0.6 is 17.1 Å². The van der Waals surface area contributed by atoms with E-state index < -0.39 is 5.69 Å². The molecule has 0 amide bonds. The average molecular weight is 346 g/mol. The summed E-state index contributed by atoms with van der Waals surface area (Å²) in [6.07, 6.45) is 9.14. The molecule has 21 heavy (non-hydrogen) atoms. The minimum Gasteiger partial charge on any atom is -0.319 e. The molecule has 0 spiro atoms. The summed E-state index contributed by atoms with van der Waals surface area (Å²) < 4.78 is 12.2. The van der Waals surface area contributed by atoms with Crippen molar-refractivity contribution in [2.75, 3.05) is 0 Å². The van der Waals surface area contributed by atoms with Gasteiger partial charge in [0.25, 0.3) is 0 Å². The second kappa shape index (κ2) is 6.28. The van der Waals surface area contributed by atoms with E-state index >= 15 is 0 Å². The standard InChI is InChI=1S/C16H27O2PS2/c1-10(2)17-19(20,18-11(3)4)21-16-9-12-8-15(16)14-7-5-6-13(12)14/h5-6,10-16H,7-9H2,1-4H3. The van der Waals surface area contributed by atoms with Crippen LogP contribution in [0.5, 0.6) is 0 Å². The van der Waals surface area contributed by atoms with Crippen molar-refractivity contribution in [2.45, 2.75) is 64.4 Å². The predicted molar refractivity (Wildman–Crippen MR) is 95.1 cm³/mol. The van der Waals surface area contributed by atoms with E-state index in [9.17, 15) is 0 Å². The van der Waals surface area contributed by atoms with Crippen molar-refractivity contribution in [3.63, 3.8) is 0 Å². The quantitative estimate of drug-likeness (QED) is 0.473. The van der Waals surface area contributed by atoms with Gasteiger partial charge in [0.15, 0.2) is 0 Å². The molecule has 0 heterocycles. The van der Waals surface area contributed by atoms with Crippen LogP contribution in [0.3, 0.4) is 0 Å². The Morgan fingerprint density at radius 3 is 2.38 bits per heavy atom. The third-order valence-corrected chi connectivity index (χ3v) is 10.7. The first-order chi connectivity index (χ1) is 9.88. The molecule has 5 atom stereocenters. The van der Waals surface area contributed by atoms with Crippen LogP contribution in [0.15, 0.2) is 12.2 Å². The zero-order valence-electron chi connectivity index (χ0n) is 13.4. The highest BCUT2D eigenvalue weighted by Crippen LogP contribution is 2.70. The first kappa shape index (κ1) is 16.5. The van der Waals surface area contributed by atoms with Crippen molar-refractivity contribution in [3.05, 3.63) is 12.2 Å². The third kappa shape index (κ3) is 3.45. The van der Waals surface area contributed by atoms with Gasteiger partial charge in [0.2, 0.25) is 5.69 Å². The minimum absolute atomic E-state index is 0.140. The van der Waals surface area contributed by atoms with E-state index in [1.807, 2.05) is 11.4 Å². The predicted octanol–water partition coefficient (Wildman–Crippen LogP) is 5.39. The summed E-state index contributed by atoms with van der Waals surface area (Å²) in [4.78, 5) is 0. The number of hydrogen-bond donors (Lipinski definition) is 0. The maximum absolute atomic E-state index is 6.08. The van der Waals surface area contributed by atoms with E-state index in [2.05, 4.69) is 39.8 Å². The van der Waals surface area contributed by atoms with Crippen LogP contribution in [0, 0.1) is 23.7 Å². The Bertz CT molecular complexity index is 449. The fourth-order valence-corrected chi connectivity index (χ4v) is 11.8. The second-order valence-corrected chi connectivity index (χ2v) is 13.5. The Hall–Kier alpha value is 0.660. The van der Waals surface area contributed by atoms with Crippen molar-refractivity contribution >= 4 is 28.9 Å². The molecule has 0 aliphatic heterocycles. The Labute approximate surface area is 138 Å². The third-order valence-electron chi connectivity index (χ3n) is 4.89. The molecule has 5 unspecified atom stereocenters. The average Bonchev–Trinajstić information content (AvgIpc) is 2.94. The largest absolute Gasteiger partial charge is 0.319 e. The Morgan fingerprint density at radius 1 is 1.10 bits per heavy atom. The van der Waals surface area contributed by atoms with Gasteiger partial charge >= 0.3 is 0 Å². The van der Waals surface area contributed by atoms with Crippen LogP contribution < -0.4 is 0 Å². The van der Waals surface area contributed by atoms with Crippen LogP contribution in [0.1, 0.15) is 47.0 Å². The molecular weight excluding hydrogens is 319 g/mol. The van der Waals surface area contributed by atoms with E-state index in [1.165, 1.54) is 19.3 Å². The number of rotatable bonds is 6. The minimum atomic E-state index is -2.22. The van der Waals surface area contributed by atoms with Gasteiger partial charge in [-0.05, 0) is 82.4 Å². The molecule has 3 aliphatic rings. The topological polar surface area (TPSA) is 18.5 Å². The van der Waals surface area contributed by atoms with E-state index in [0.717, 1.165) is 23.7 Å². The lowest BCUT2D eigenvalue weighted by Gasteiger charge is -2.35. The molecule has 2 fully saturated rings. The summed E-state index contributed by atoms with van der Waals surface area (Å²) in [5.41, 5.74) is -2.22. The molecule has 2 bridgehead atoms. The lowest BCUT2D eigenvalue weighted by atomic mass is 9.81. The Balaban J connectivity index is 1.68. The number of hydrogen-bond acceptors (Lipinski definition) is 4. The fourth-order valence-electron chi connectivity index (χ4n) is 4.37. The Morgan fingerprint density at radius 2 is 1.76 bits per heavy atom. The number of allylic oxidation sites excluding steroid dienone is 2. The smallest absolute Gasteiger partial charge is 0.248 e. The molecule has 0 aromatic heterocycles. The van der Waals surface area contributed by atoms with Gasteiger partial charge in [-0.25, -0.2) is 0 Å². The van der Waals surface area contributed by atoms with Crippen LogP contribution in [-0.2, 0) is 20.9 Å². The lowest BCUT2D eigenvalue weighted by molar-refractivity contribution is 0.185. The normalized spacial score (nSPS) is 37.9. The molecule has 0 N–H and O–H groups in total. The monoisotopic (exact) mass is 346 g/mol. The van der Waals surface area contributed by atoms with Crippen LogP contribution in [-0.4, -0.2) is 17.5 Å². The van der Waals surface area contributed by atoms with Gasteiger partial charge in [0, 0.05) is 5.25 Å². The van der Waals surface area contributed by atoms with E-state index in [1.54, 1.807) is 0 Å². The van der Waals surface area contributed by atoms with Crippen LogP contribution in [0.25, 0.3) is 0 Å². The summed E-state index contributed by atoms with van der Waals surface area (Å²) >= 11 is 7.72. The highest BCUT2D eigenvalue weighted by atomic mass is 32.9. The molecule has 2 nitrogen and oxygen atoms in total. The molecule has 3 rings (SSSR count). The first-order valence-electron chi connectivity index (χ1n) is 8.20. The SMILES string of the molecule is CC(C)OP(=S)(OC(C)C)SC1CC2CC1C1CC=CC21. The molecule has 5 heteroatoms. The summed E-state index contributed by atoms with van der Waals surface area (Å²) in [6, 6.07) is 0. The van der Waals surface area contributed by atoms with Gasteiger partial charge in [0.1, 0.15) is 0 Å². The Kier molecular flexibility index (Phi) is 4.94. The van der Waals surface area contributed by atoms with Gasteiger partial charge < -0.3 is 9.05 Å². The second-order valence-electron chi connectivity index (χ2n) is 7.20. The number of fused-ring (bicyclic) bond motifs is 5. The molecule has 0 aromatic carbocycles. The van der Waals surface area contributed by atoms with Gasteiger partial charge in [-0.3, -0.25) is 0 Å².